The van der Waals surface area contributed by atoms with Gasteiger partial charge in [0.1, 0.15) is 0 Å². The number of ether oxygens (including phenoxy) is 1. The molecule has 0 fully saturated rings. The van der Waals surface area contributed by atoms with Crippen LogP contribution in [0.5, 0.6) is 0 Å². The van der Waals surface area contributed by atoms with E-state index in [1.54, 1.807) is 0 Å². The first kappa shape index (κ1) is 23.5. The number of hydrogen-bond donors (Lipinski definition) is 3. The van der Waals surface area contributed by atoms with Crippen LogP contribution < -0.4 is 16.0 Å². The van der Waals surface area contributed by atoms with Gasteiger partial charge in [0.2, 0.25) is 0 Å². The van der Waals surface area contributed by atoms with Gasteiger partial charge in [-0.1, -0.05) is 38.8 Å². The number of hydrogen-bond acceptors (Lipinski definition) is 3. The lowest BCUT2D eigenvalue weighted by Crippen LogP contribution is -2.39. The maximum absolute atomic E-state index is 11.2. The zero-order valence-electron chi connectivity index (χ0n) is 15.6. The van der Waals surface area contributed by atoms with E-state index in [1.807, 2.05) is 24.3 Å². The molecule has 1 aromatic rings. The number of nitrogens with zero attached hydrogens (tertiary/aromatic N) is 1. The second kappa shape index (κ2) is 13.7. The fourth-order valence-corrected chi connectivity index (χ4v) is 2.19. The average molecular weight is 462 g/mol. The fourth-order valence-electron chi connectivity index (χ4n) is 2.19. The molecule has 3 N–H and O–H groups in total. The van der Waals surface area contributed by atoms with E-state index in [0.29, 0.717) is 18.2 Å². The van der Waals surface area contributed by atoms with Gasteiger partial charge in [-0.2, -0.15) is 0 Å². The number of carbonyl (C=O) groups is 1. The Morgan fingerprint density at radius 1 is 1.12 bits per heavy atom. The van der Waals surface area contributed by atoms with E-state index in [0.717, 1.165) is 37.5 Å². The van der Waals surface area contributed by atoms with Gasteiger partial charge in [-0.25, -0.2) is 9.79 Å². The molecule has 0 aliphatic heterocycles. The van der Waals surface area contributed by atoms with E-state index in [1.165, 1.54) is 7.11 Å². The molecular weight excluding hydrogens is 431 g/mol. The molecule has 0 radical (unpaired) electrons. The van der Waals surface area contributed by atoms with Crippen LogP contribution >= 0.6 is 24.0 Å². The van der Waals surface area contributed by atoms with Gasteiger partial charge in [-0.05, 0) is 30.5 Å². The number of methoxy groups -OCH3 is 1. The molecule has 0 aromatic heterocycles. The molecule has 0 aliphatic carbocycles. The summed E-state index contributed by atoms with van der Waals surface area (Å²) in [6.07, 6.45) is 1.86. The number of rotatable bonds is 8. The third-order valence-electron chi connectivity index (χ3n) is 3.86. The Balaban J connectivity index is 0.00000576. The van der Waals surface area contributed by atoms with E-state index in [-0.39, 0.29) is 24.0 Å². The highest BCUT2D eigenvalue weighted by Crippen LogP contribution is 2.11. The fraction of sp³-hybridized carbons (Fsp3) is 0.556. The molecule has 25 heavy (non-hydrogen) atoms. The molecule has 0 aliphatic rings. The van der Waals surface area contributed by atoms with Crippen LogP contribution in [-0.4, -0.2) is 32.3 Å². The van der Waals surface area contributed by atoms with Crippen molar-refractivity contribution >= 4 is 41.7 Å². The van der Waals surface area contributed by atoms with Crippen molar-refractivity contribution in [2.75, 3.05) is 25.5 Å². The Labute approximate surface area is 168 Å². The Morgan fingerprint density at radius 2 is 1.76 bits per heavy atom. The summed E-state index contributed by atoms with van der Waals surface area (Å²) in [5.41, 5.74) is 1.78. The zero-order valence-corrected chi connectivity index (χ0v) is 17.9. The maximum atomic E-state index is 11.2. The van der Waals surface area contributed by atoms with Crippen molar-refractivity contribution in [2.24, 2.45) is 10.9 Å². The minimum Gasteiger partial charge on any atom is -0.453 e. The lowest BCUT2D eigenvalue weighted by Gasteiger charge is -2.16. The topological polar surface area (TPSA) is 74.8 Å². The molecule has 0 spiro atoms. The second-order valence-electron chi connectivity index (χ2n) is 5.57. The highest BCUT2D eigenvalue weighted by molar-refractivity contribution is 14.0. The number of amides is 1. The molecule has 0 saturated carbocycles. The molecule has 0 heterocycles. The van der Waals surface area contributed by atoms with Crippen LogP contribution in [0.4, 0.5) is 10.5 Å². The predicted molar refractivity (Wildman–Crippen MR) is 115 cm³/mol. The highest BCUT2D eigenvalue weighted by atomic mass is 127. The first-order valence-electron chi connectivity index (χ1n) is 8.58. The van der Waals surface area contributed by atoms with Gasteiger partial charge in [-0.3, -0.25) is 5.32 Å². The molecule has 1 aromatic carbocycles. The van der Waals surface area contributed by atoms with Gasteiger partial charge in [0, 0.05) is 18.8 Å². The van der Waals surface area contributed by atoms with E-state index < -0.39 is 6.09 Å². The van der Waals surface area contributed by atoms with Crippen LogP contribution in [0, 0.1) is 5.92 Å². The molecule has 6 nitrogen and oxygen atoms in total. The Morgan fingerprint density at radius 3 is 2.28 bits per heavy atom. The van der Waals surface area contributed by atoms with Crippen molar-refractivity contribution < 1.29 is 9.53 Å². The van der Waals surface area contributed by atoms with Crippen molar-refractivity contribution in [1.82, 2.24) is 10.6 Å². The normalized spacial score (nSPS) is 10.8. The molecule has 0 bridgehead atoms. The third kappa shape index (κ3) is 9.52. The average Bonchev–Trinajstić information content (AvgIpc) is 2.61. The Kier molecular flexibility index (Phi) is 12.9. The third-order valence-corrected chi connectivity index (χ3v) is 3.86. The van der Waals surface area contributed by atoms with Gasteiger partial charge >= 0.3 is 6.09 Å². The Hall–Kier alpha value is -1.51. The molecule has 1 rings (SSSR count). The molecule has 142 valence electrons. The van der Waals surface area contributed by atoms with E-state index >= 15 is 0 Å². The summed E-state index contributed by atoms with van der Waals surface area (Å²) in [5, 5.41) is 9.30. The molecule has 0 atom stereocenters. The first-order chi connectivity index (χ1) is 11.6. The summed E-state index contributed by atoms with van der Waals surface area (Å²) >= 11 is 0. The van der Waals surface area contributed by atoms with Crippen LogP contribution in [0.15, 0.2) is 29.3 Å². The lowest BCUT2D eigenvalue weighted by atomic mass is 10.0. The summed E-state index contributed by atoms with van der Waals surface area (Å²) in [5.74, 6) is 1.50. The van der Waals surface area contributed by atoms with Crippen molar-refractivity contribution in [3.05, 3.63) is 29.8 Å². The number of halogens is 1. The number of nitrogens with one attached hydrogen (secondary N) is 3. The summed E-state index contributed by atoms with van der Waals surface area (Å²) in [6.45, 7) is 8.82. The van der Waals surface area contributed by atoms with E-state index in [2.05, 4.69) is 46.5 Å². The van der Waals surface area contributed by atoms with Crippen LogP contribution in [0.3, 0.4) is 0 Å². The number of carbonyl (C=O) groups excluding carboxylic acids is 1. The SMILES string of the molecule is CCNC(=NCc1ccc(NC(=O)OC)cc1)NCC(CC)CC.I. The number of aliphatic imine (C=N–C) groups is 1. The van der Waals surface area contributed by atoms with Crippen LogP contribution in [0.1, 0.15) is 39.2 Å². The maximum Gasteiger partial charge on any atom is 0.411 e. The van der Waals surface area contributed by atoms with Gasteiger partial charge < -0.3 is 15.4 Å². The molecular formula is C18H31IN4O2. The lowest BCUT2D eigenvalue weighted by molar-refractivity contribution is 0.187. The minimum atomic E-state index is -0.471. The number of benzene rings is 1. The van der Waals surface area contributed by atoms with E-state index in [9.17, 15) is 4.79 Å². The zero-order chi connectivity index (χ0) is 17.8. The first-order valence-corrected chi connectivity index (χ1v) is 8.58. The van der Waals surface area contributed by atoms with Crippen LogP contribution in [-0.2, 0) is 11.3 Å². The number of anilines is 1. The Bertz CT molecular complexity index is 516. The summed E-state index contributed by atoms with van der Waals surface area (Å²) in [6, 6.07) is 7.57. The van der Waals surface area contributed by atoms with Gasteiger partial charge in [-0.15, -0.1) is 24.0 Å². The largest absolute Gasteiger partial charge is 0.453 e. The van der Waals surface area contributed by atoms with Crippen molar-refractivity contribution in [2.45, 2.75) is 40.2 Å². The van der Waals surface area contributed by atoms with Gasteiger partial charge in [0.15, 0.2) is 5.96 Å². The van der Waals surface area contributed by atoms with Gasteiger partial charge in [0.05, 0.1) is 13.7 Å². The van der Waals surface area contributed by atoms with Crippen molar-refractivity contribution in [1.29, 1.82) is 0 Å². The summed E-state index contributed by atoms with van der Waals surface area (Å²) in [7, 11) is 1.34. The standard InChI is InChI=1S/C18H30N4O2.HI/c1-5-14(6-2)12-20-17(19-7-3)21-13-15-8-10-16(11-9-15)22-18(23)24-4;/h8-11,14H,5-7,12-13H2,1-4H3,(H,22,23)(H2,19,20,21);1H. The monoisotopic (exact) mass is 462 g/mol. The quantitative estimate of drug-likeness (QED) is 0.311. The molecule has 1 amide bonds. The summed E-state index contributed by atoms with van der Waals surface area (Å²) in [4.78, 5) is 15.8. The number of guanidine groups is 1. The van der Waals surface area contributed by atoms with Crippen molar-refractivity contribution in [3.63, 3.8) is 0 Å². The van der Waals surface area contributed by atoms with Crippen LogP contribution in [0.25, 0.3) is 0 Å². The minimum absolute atomic E-state index is 0. The predicted octanol–water partition coefficient (Wildman–Crippen LogP) is 3.97. The van der Waals surface area contributed by atoms with Crippen LogP contribution in [0.2, 0.25) is 0 Å². The smallest absolute Gasteiger partial charge is 0.411 e. The molecule has 0 unspecified atom stereocenters. The highest BCUT2D eigenvalue weighted by Gasteiger charge is 2.05. The summed E-state index contributed by atoms with van der Waals surface area (Å²) < 4.78 is 4.57. The molecule has 0 saturated heterocycles. The van der Waals surface area contributed by atoms with Crippen molar-refractivity contribution in [3.8, 4) is 0 Å². The van der Waals surface area contributed by atoms with Gasteiger partial charge in [0.25, 0.3) is 0 Å². The molecule has 7 heteroatoms. The second-order valence-corrected chi connectivity index (χ2v) is 5.57. The van der Waals surface area contributed by atoms with E-state index in [4.69, 9.17) is 0 Å².